The Bertz CT molecular complexity index is 588. The molecule has 0 bridgehead atoms. The summed E-state index contributed by atoms with van der Waals surface area (Å²) in [5, 5.41) is 2.92. The van der Waals surface area contributed by atoms with E-state index in [1.54, 1.807) is 12.1 Å². The molecule has 7 heteroatoms. The van der Waals surface area contributed by atoms with Gasteiger partial charge in [0.2, 0.25) is 0 Å². The second kappa shape index (κ2) is 5.36. The van der Waals surface area contributed by atoms with E-state index in [0.29, 0.717) is 21.7 Å². The van der Waals surface area contributed by atoms with E-state index in [-0.39, 0.29) is 10.8 Å². The minimum atomic E-state index is -0.354. The van der Waals surface area contributed by atoms with Gasteiger partial charge in [-0.1, -0.05) is 12.2 Å². The molecule has 0 fully saturated rings. The molecule has 0 saturated heterocycles. The monoisotopic (exact) mass is 326 g/mol. The quantitative estimate of drug-likeness (QED) is 0.849. The van der Waals surface area contributed by atoms with Crippen molar-refractivity contribution in [3.05, 3.63) is 46.6 Å². The van der Waals surface area contributed by atoms with Crippen LogP contribution in [-0.4, -0.2) is 15.0 Å². The third kappa shape index (κ3) is 2.99. The molecule has 1 aromatic carbocycles. The molecule has 3 N–H and O–H groups in total. The Morgan fingerprint density at radius 1 is 1.33 bits per heavy atom. The van der Waals surface area contributed by atoms with Crippen LogP contribution in [0.15, 0.2) is 35.1 Å². The van der Waals surface area contributed by atoms with Gasteiger partial charge < -0.3 is 11.1 Å². The molecule has 2 rings (SSSR count). The largest absolute Gasteiger partial charge is 0.388 e. The Kier molecular flexibility index (Phi) is 3.83. The predicted molar refractivity (Wildman–Crippen MR) is 75.3 cm³/mol. The van der Waals surface area contributed by atoms with Crippen molar-refractivity contribution in [1.82, 2.24) is 9.97 Å². The summed E-state index contributed by atoms with van der Waals surface area (Å²) in [6, 6.07) is 4.68. The smallest absolute Gasteiger partial charge is 0.148 e. The molecular weight excluding hydrogens is 319 g/mol. The minimum absolute atomic E-state index is 0.184. The van der Waals surface area contributed by atoms with Crippen molar-refractivity contribution in [3.63, 3.8) is 0 Å². The summed E-state index contributed by atoms with van der Waals surface area (Å²) in [5.41, 5.74) is 6.43. The van der Waals surface area contributed by atoms with Gasteiger partial charge in [-0.25, -0.2) is 14.4 Å². The fraction of sp³-hybridized carbons (Fsp3) is 0. The van der Waals surface area contributed by atoms with E-state index in [1.165, 1.54) is 18.5 Å². The number of rotatable bonds is 3. The highest BCUT2D eigenvalue weighted by Crippen LogP contribution is 2.21. The van der Waals surface area contributed by atoms with E-state index in [0.717, 1.165) is 0 Å². The number of anilines is 2. The first-order valence-corrected chi connectivity index (χ1v) is 6.10. The first-order valence-electron chi connectivity index (χ1n) is 4.90. The topological polar surface area (TPSA) is 63.8 Å². The number of nitrogens with two attached hydrogens (primary N) is 1. The molecule has 0 radical (unpaired) electrons. The SMILES string of the molecule is NC(=S)c1cnc(Nc2ccc(Br)c(F)c2)cn1. The molecule has 0 aliphatic rings. The average molecular weight is 327 g/mol. The Morgan fingerprint density at radius 2 is 2.11 bits per heavy atom. The first-order chi connectivity index (χ1) is 8.56. The van der Waals surface area contributed by atoms with Crippen LogP contribution >= 0.6 is 28.1 Å². The number of nitrogens with zero attached hydrogens (tertiary/aromatic N) is 2. The summed E-state index contributed by atoms with van der Waals surface area (Å²) in [7, 11) is 0. The van der Waals surface area contributed by atoms with Crippen molar-refractivity contribution in [3.8, 4) is 0 Å². The van der Waals surface area contributed by atoms with Gasteiger partial charge in [0.05, 0.1) is 16.9 Å². The fourth-order valence-electron chi connectivity index (χ4n) is 1.24. The van der Waals surface area contributed by atoms with Gasteiger partial charge in [0.1, 0.15) is 22.3 Å². The van der Waals surface area contributed by atoms with Crippen molar-refractivity contribution in [2.24, 2.45) is 5.73 Å². The zero-order valence-corrected chi connectivity index (χ0v) is 11.4. The Balaban J connectivity index is 2.18. The van der Waals surface area contributed by atoms with E-state index in [2.05, 4.69) is 31.2 Å². The lowest BCUT2D eigenvalue weighted by Crippen LogP contribution is -2.12. The van der Waals surface area contributed by atoms with Crippen LogP contribution in [0.2, 0.25) is 0 Å². The van der Waals surface area contributed by atoms with Gasteiger partial charge in [0.25, 0.3) is 0 Å². The van der Waals surface area contributed by atoms with Crippen LogP contribution < -0.4 is 11.1 Å². The molecule has 18 heavy (non-hydrogen) atoms. The minimum Gasteiger partial charge on any atom is -0.388 e. The molecule has 0 aliphatic heterocycles. The van der Waals surface area contributed by atoms with E-state index < -0.39 is 0 Å². The normalized spacial score (nSPS) is 10.1. The molecule has 0 amide bonds. The second-order valence-corrected chi connectivity index (χ2v) is 4.70. The van der Waals surface area contributed by atoms with Crippen molar-refractivity contribution in [2.45, 2.75) is 0 Å². The fourth-order valence-corrected chi connectivity index (χ4v) is 1.59. The molecule has 0 atom stereocenters. The van der Waals surface area contributed by atoms with Gasteiger partial charge in [0, 0.05) is 5.69 Å². The van der Waals surface area contributed by atoms with Crippen LogP contribution in [0.25, 0.3) is 0 Å². The number of halogens is 2. The van der Waals surface area contributed by atoms with Crippen LogP contribution in [-0.2, 0) is 0 Å². The second-order valence-electron chi connectivity index (χ2n) is 3.41. The maximum Gasteiger partial charge on any atom is 0.148 e. The maximum atomic E-state index is 13.3. The average Bonchev–Trinajstić information content (AvgIpc) is 2.34. The highest BCUT2D eigenvalue weighted by molar-refractivity contribution is 9.10. The molecule has 0 saturated carbocycles. The maximum absolute atomic E-state index is 13.3. The van der Waals surface area contributed by atoms with Crippen molar-refractivity contribution in [2.75, 3.05) is 5.32 Å². The zero-order chi connectivity index (χ0) is 13.1. The van der Waals surface area contributed by atoms with Gasteiger partial charge in [-0.2, -0.15) is 0 Å². The van der Waals surface area contributed by atoms with Crippen LogP contribution in [0, 0.1) is 5.82 Å². The molecule has 4 nitrogen and oxygen atoms in total. The van der Waals surface area contributed by atoms with Crippen LogP contribution in [0.4, 0.5) is 15.9 Å². The lowest BCUT2D eigenvalue weighted by Gasteiger charge is -2.06. The van der Waals surface area contributed by atoms with Gasteiger partial charge in [0.15, 0.2) is 0 Å². The number of hydrogen-bond acceptors (Lipinski definition) is 4. The summed E-state index contributed by atoms with van der Waals surface area (Å²) in [4.78, 5) is 8.28. The van der Waals surface area contributed by atoms with Gasteiger partial charge in [-0.05, 0) is 34.1 Å². The van der Waals surface area contributed by atoms with E-state index in [4.69, 9.17) is 18.0 Å². The van der Waals surface area contributed by atoms with Gasteiger partial charge >= 0.3 is 0 Å². The van der Waals surface area contributed by atoms with Crippen LogP contribution in [0.1, 0.15) is 5.69 Å². The van der Waals surface area contributed by atoms with Crippen molar-refractivity contribution < 1.29 is 4.39 Å². The Morgan fingerprint density at radius 3 is 2.67 bits per heavy atom. The third-order valence-electron chi connectivity index (χ3n) is 2.10. The molecule has 0 unspecified atom stereocenters. The molecule has 1 aromatic heterocycles. The summed E-state index contributed by atoms with van der Waals surface area (Å²) in [5.74, 6) is 0.129. The molecular formula is C11H8BrFN4S. The van der Waals surface area contributed by atoms with E-state index in [9.17, 15) is 4.39 Å². The number of thiocarbonyl (C=S) groups is 1. The summed E-state index contributed by atoms with van der Waals surface area (Å²) in [6.07, 6.45) is 2.94. The summed E-state index contributed by atoms with van der Waals surface area (Å²) >= 11 is 7.85. The molecule has 0 spiro atoms. The predicted octanol–water partition coefficient (Wildman–Crippen LogP) is 2.76. The molecule has 0 aliphatic carbocycles. The molecule has 1 heterocycles. The number of aromatic nitrogens is 2. The lowest BCUT2D eigenvalue weighted by atomic mass is 10.3. The third-order valence-corrected chi connectivity index (χ3v) is 2.95. The number of benzene rings is 1. The Labute approximate surface area is 117 Å². The number of nitrogens with one attached hydrogen (secondary N) is 1. The summed E-state index contributed by atoms with van der Waals surface area (Å²) < 4.78 is 13.7. The first kappa shape index (κ1) is 12.8. The summed E-state index contributed by atoms with van der Waals surface area (Å²) in [6.45, 7) is 0. The van der Waals surface area contributed by atoms with Crippen molar-refractivity contribution in [1.29, 1.82) is 0 Å². The van der Waals surface area contributed by atoms with E-state index in [1.807, 2.05) is 0 Å². The van der Waals surface area contributed by atoms with E-state index >= 15 is 0 Å². The Hall–Kier alpha value is -1.60. The van der Waals surface area contributed by atoms with Gasteiger partial charge in [-0.15, -0.1) is 0 Å². The number of hydrogen-bond donors (Lipinski definition) is 2. The molecule has 2 aromatic rings. The van der Waals surface area contributed by atoms with Crippen LogP contribution in [0.3, 0.4) is 0 Å². The molecule has 92 valence electrons. The zero-order valence-electron chi connectivity index (χ0n) is 9.02. The lowest BCUT2D eigenvalue weighted by molar-refractivity contribution is 0.622. The van der Waals surface area contributed by atoms with Gasteiger partial charge in [-0.3, -0.25) is 0 Å². The van der Waals surface area contributed by atoms with Crippen LogP contribution in [0.5, 0.6) is 0 Å². The highest BCUT2D eigenvalue weighted by Gasteiger charge is 2.03. The standard InChI is InChI=1S/C11H8BrFN4S/c12-7-2-1-6(3-8(7)13)17-10-5-15-9(4-16-10)11(14)18/h1-5H,(H2,14,18)(H,16,17). The highest BCUT2D eigenvalue weighted by atomic mass is 79.9. The van der Waals surface area contributed by atoms with Crippen molar-refractivity contribution >= 4 is 44.6 Å².